The van der Waals surface area contributed by atoms with E-state index < -0.39 is 0 Å². The molecule has 1 aromatic heterocycles. The monoisotopic (exact) mass is 301 g/mol. The molecule has 5 heteroatoms. The van der Waals surface area contributed by atoms with Gasteiger partial charge in [0.25, 0.3) is 0 Å². The summed E-state index contributed by atoms with van der Waals surface area (Å²) in [6.07, 6.45) is 0. The molecule has 0 N–H and O–H groups in total. The topological polar surface area (TPSA) is 22.1 Å². The van der Waals surface area contributed by atoms with Crippen LogP contribution in [-0.4, -0.2) is 4.98 Å². The zero-order valence-corrected chi connectivity index (χ0v) is 10.9. The highest BCUT2D eigenvalue weighted by atomic mass is 79.9. The molecule has 0 atom stereocenters. The molecule has 0 amide bonds. The summed E-state index contributed by atoms with van der Waals surface area (Å²) < 4.78 is 18.9. The molecule has 16 heavy (non-hydrogen) atoms. The number of rotatable bonds is 3. The molecular formula is C11H9BrFNOS. The van der Waals surface area contributed by atoms with Crippen molar-refractivity contribution in [3.8, 4) is 5.75 Å². The van der Waals surface area contributed by atoms with E-state index in [9.17, 15) is 4.39 Å². The predicted molar refractivity (Wildman–Crippen MR) is 65.3 cm³/mol. The van der Waals surface area contributed by atoms with E-state index in [1.165, 1.54) is 6.07 Å². The van der Waals surface area contributed by atoms with Crippen LogP contribution in [0.5, 0.6) is 5.75 Å². The molecule has 0 saturated heterocycles. The fraction of sp³-hybridized carbons (Fsp3) is 0.182. The summed E-state index contributed by atoms with van der Waals surface area (Å²) in [5.41, 5.74) is 2.76. The Bertz CT molecular complexity index is 500. The number of hydrogen-bond donors (Lipinski definition) is 0. The Hall–Kier alpha value is -0.940. The van der Waals surface area contributed by atoms with Crippen LogP contribution in [0.15, 0.2) is 28.2 Å². The lowest BCUT2D eigenvalue weighted by molar-refractivity contribution is 0.308. The molecule has 0 saturated carbocycles. The molecule has 1 aromatic carbocycles. The smallest absolute Gasteiger partial charge is 0.137 e. The largest absolute Gasteiger partial charge is 0.488 e. The number of hydrogen-bond acceptors (Lipinski definition) is 3. The van der Waals surface area contributed by atoms with Crippen molar-refractivity contribution in [2.45, 2.75) is 13.5 Å². The first-order valence-corrected chi connectivity index (χ1v) is 6.31. The maximum Gasteiger partial charge on any atom is 0.137 e. The molecule has 2 nitrogen and oxygen atoms in total. The summed E-state index contributed by atoms with van der Waals surface area (Å²) >= 11 is 4.67. The van der Waals surface area contributed by atoms with Gasteiger partial charge in [0.1, 0.15) is 18.2 Å². The van der Waals surface area contributed by atoms with Crippen LogP contribution in [0.2, 0.25) is 0 Å². The Morgan fingerprint density at radius 1 is 1.50 bits per heavy atom. The molecule has 2 rings (SSSR count). The molecule has 0 radical (unpaired) electrons. The van der Waals surface area contributed by atoms with Gasteiger partial charge in [-0.15, -0.1) is 11.3 Å². The van der Waals surface area contributed by atoms with Gasteiger partial charge in [-0.2, -0.15) is 0 Å². The maximum atomic E-state index is 13.0. The van der Waals surface area contributed by atoms with Gasteiger partial charge in [0.05, 0.1) is 20.6 Å². The number of aromatic nitrogens is 1. The van der Waals surface area contributed by atoms with E-state index in [0.717, 1.165) is 10.6 Å². The van der Waals surface area contributed by atoms with Crippen molar-refractivity contribution in [3.05, 3.63) is 44.6 Å². The number of ether oxygens (including phenoxy) is 1. The first-order chi connectivity index (χ1) is 7.66. The van der Waals surface area contributed by atoms with Gasteiger partial charge in [-0.05, 0) is 41.1 Å². The number of benzene rings is 1. The van der Waals surface area contributed by atoms with Crippen molar-refractivity contribution >= 4 is 27.3 Å². The highest BCUT2D eigenvalue weighted by Crippen LogP contribution is 2.23. The molecule has 2 aromatic rings. The van der Waals surface area contributed by atoms with Crippen molar-refractivity contribution in [2.75, 3.05) is 0 Å². The van der Waals surface area contributed by atoms with Crippen molar-refractivity contribution in [2.24, 2.45) is 0 Å². The van der Waals surface area contributed by atoms with Crippen LogP contribution >= 0.6 is 27.3 Å². The molecule has 0 fully saturated rings. The average molecular weight is 302 g/mol. The van der Waals surface area contributed by atoms with E-state index in [1.807, 2.05) is 6.92 Å². The normalized spacial score (nSPS) is 10.4. The van der Waals surface area contributed by atoms with Crippen LogP contribution in [0.3, 0.4) is 0 Å². The zero-order chi connectivity index (χ0) is 11.5. The summed E-state index contributed by atoms with van der Waals surface area (Å²) in [6.45, 7) is 2.41. The Labute approximate surface area is 105 Å². The van der Waals surface area contributed by atoms with Gasteiger partial charge < -0.3 is 4.74 Å². The SMILES string of the molecule is Cc1ncsc1COc1ccc(F)c(Br)c1. The molecule has 84 valence electrons. The Kier molecular flexibility index (Phi) is 3.56. The average Bonchev–Trinajstić information content (AvgIpc) is 2.66. The van der Waals surface area contributed by atoms with Gasteiger partial charge in [-0.25, -0.2) is 9.37 Å². The van der Waals surface area contributed by atoms with Crippen LogP contribution in [-0.2, 0) is 6.61 Å². The molecule has 0 bridgehead atoms. The summed E-state index contributed by atoms with van der Waals surface area (Å²) in [4.78, 5) is 5.21. The Balaban J connectivity index is 2.05. The molecular weight excluding hydrogens is 293 g/mol. The van der Waals surface area contributed by atoms with Crippen molar-refractivity contribution in [3.63, 3.8) is 0 Å². The number of thiazole rings is 1. The second-order valence-corrected chi connectivity index (χ2v) is 5.02. The lowest BCUT2D eigenvalue weighted by atomic mass is 10.3. The van der Waals surface area contributed by atoms with Gasteiger partial charge in [-0.3, -0.25) is 0 Å². The second-order valence-electron chi connectivity index (χ2n) is 3.23. The first-order valence-electron chi connectivity index (χ1n) is 4.63. The summed E-state index contributed by atoms with van der Waals surface area (Å²) in [5, 5.41) is 0. The molecule has 1 heterocycles. The lowest BCUT2D eigenvalue weighted by Crippen LogP contribution is -1.95. The standard InChI is InChI=1S/C11H9BrFNOS/c1-7-11(16-6-14-7)5-15-8-2-3-10(13)9(12)4-8/h2-4,6H,5H2,1H3. The quantitative estimate of drug-likeness (QED) is 0.857. The second kappa shape index (κ2) is 4.93. The van der Waals surface area contributed by atoms with Gasteiger partial charge >= 0.3 is 0 Å². The van der Waals surface area contributed by atoms with Crippen LogP contribution in [0.25, 0.3) is 0 Å². The highest BCUT2D eigenvalue weighted by molar-refractivity contribution is 9.10. The van der Waals surface area contributed by atoms with E-state index in [-0.39, 0.29) is 5.82 Å². The Morgan fingerprint density at radius 2 is 2.31 bits per heavy atom. The lowest BCUT2D eigenvalue weighted by Gasteiger charge is -2.05. The summed E-state index contributed by atoms with van der Waals surface area (Å²) in [6, 6.07) is 4.60. The number of nitrogens with zero attached hydrogens (tertiary/aromatic N) is 1. The van der Waals surface area contributed by atoms with Gasteiger partial charge in [0.15, 0.2) is 0 Å². The van der Waals surface area contributed by atoms with Crippen molar-refractivity contribution in [1.29, 1.82) is 0 Å². The minimum atomic E-state index is -0.290. The summed E-state index contributed by atoms with van der Waals surface area (Å²) in [5.74, 6) is 0.349. The minimum absolute atomic E-state index is 0.290. The van der Waals surface area contributed by atoms with E-state index >= 15 is 0 Å². The van der Waals surface area contributed by atoms with Gasteiger partial charge in [-0.1, -0.05) is 0 Å². The fourth-order valence-electron chi connectivity index (χ4n) is 1.18. The van der Waals surface area contributed by atoms with Crippen LogP contribution in [0.4, 0.5) is 4.39 Å². The van der Waals surface area contributed by atoms with Crippen molar-refractivity contribution < 1.29 is 9.13 Å². The van der Waals surface area contributed by atoms with E-state index in [4.69, 9.17) is 4.74 Å². The van der Waals surface area contributed by atoms with Gasteiger partial charge in [0, 0.05) is 0 Å². The van der Waals surface area contributed by atoms with E-state index in [0.29, 0.717) is 16.8 Å². The van der Waals surface area contributed by atoms with Crippen LogP contribution < -0.4 is 4.74 Å². The maximum absolute atomic E-state index is 13.0. The number of halogens is 2. The Morgan fingerprint density at radius 3 is 2.94 bits per heavy atom. The minimum Gasteiger partial charge on any atom is -0.488 e. The van der Waals surface area contributed by atoms with E-state index in [2.05, 4.69) is 20.9 Å². The molecule has 0 aliphatic heterocycles. The van der Waals surface area contributed by atoms with Crippen LogP contribution in [0.1, 0.15) is 10.6 Å². The fourth-order valence-corrected chi connectivity index (χ4v) is 2.23. The van der Waals surface area contributed by atoms with Crippen molar-refractivity contribution in [1.82, 2.24) is 4.98 Å². The third-order valence-electron chi connectivity index (χ3n) is 2.11. The third kappa shape index (κ3) is 2.59. The number of aryl methyl sites for hydroxylation is 1. The van der Waals surface area contributed by atoms with Gasteiger partial charge in [0.2, 0.25) is 0 Å². The predicted octanol–water partition coefficient (Wildman–Crippen LogP) is 3.93. The van der Waals surface area contributed by atoms with Crippen LogP contribution in [0, 0.1) is 12.7 Å². The highest BCUT2D eigenvalue weighted by Gasteiger charge is 2.04. The van der Waals surface area contributed by atoms with E-state index in [1.54, 1.807) is 29.0 Å². The first kappa shape index (κ1) is 11.5. The molecule has 0 unspecified atom stereocenters. The summed E-state index contributed by atoms with van der Waals surface area (Å²) in [7, 11) is 0. The molecule has 0 spiro atoms. The molecule has 0 aliphatic carbocycles. The third-order valence-corrected chi connectivity index (χ3v) is 3.62. The zero-order valence-electron chi connectivity index (χ0n) is 8.54. The molecule has 0 aliphatic rings.